The van der Waals surface area contributed by atoms with Crippen LogP contribution in [0.3, 0.4) is 0 Å². The second kappa shape index (κ2) is 9.40. The van der Waals surface area contributed by atoms with E-state index in [2.05, 4.69) is 5.32 Å². The van der Waals surface area contributed by atoms with Gasteiger partial charge in [-0.3, -0.25) is 0 Å². The SMILES string of the molecule is COc1cc(OCC(=O)O)c(C)cc1SCc1ccc2c(c1)NC(c1cccc(F)c1)O2. The van der Waals surface area contributed by atoms with Crippen LogP contribution < -0.4 is 19.5 Å². The Labute approximate surface area is 189 Å². The maximum absolute atomic E-state index is 13.5. The Morgan fingerprint density at radius 1 is 1.19 bits per heavy atom. The molecule has 0 aromatic heterocycles. The number of halogens is 1. The second-order valence-electron chi connectivity index (χ2n) is 7.27. The third-order valence-corrected chi connectivity index (χ3v) is 6.04. The van der Waals surface area contributed by atoms with E-state index in [0.717, 1.165) is 33.0 Å². The number of hydrogen-bond acceptors (Lipinski definition) is 6. The molecule has 2 N–H and O–H groups in total. The molecule has 8 heteroatoms. The lowest BCUT2D eigenvalue weighted by atomic mass is 10.2. The third kappa shape index (κ3) is 4.91. The molecule has 0 spiro atoms. The molecule has 6 nitrogen and oxygen atoms in total. The predicted octanol–water partition coefficient (Wildman–Crippen LogP) is 5.40. The van der Waals surface area contributed by atoms with Gasteiger partial charge in [-0.2, -0.15) is 0 Å². The van der Waals surface area contributed by atoms with Crippen molar-refractivity contribution in [1.82, 2.24) is 0 Å². The summed E-state index contributed by atoms with van der Waals surface area (Å²) < 4.78 is 30.2. The second-order valence-corrected chi connectivity index (χ2v) is 8.28. The Morgan fingerprint density at radius 2 is 2.03 bits per heavy atom. The van der Waals surface area contributed by atoms with Crippen LogP contribution in [0.4, 0.5) is 10.1 Å². The van der Waals surface area contributed by atoms with Crippen molar-refractivity contribution in [2.75, 3.05) is 19.0 Å². The van der Waals surface area contributed by atoms with Gasteiger partial charge in [-0.25, -0.2) is 9.18 Å². The van der Waals surface area contributed by atoms with Gasteiger partial charge < -0.3 is 24.6 Å². The molecule has 0 saturated heterocycles. The molecule has 0 radical (unpaired) electrons. The van der Waals surface area contributed by atoms with Gasteiger partial charge in [-0.1, -0.05) is 18.2 Å². The average Bonchev–Trinajstić information content (AvgIpc) is 3.20. The van der Waals surface area contributed by atoms with Crippen LogP contribution in [0.2, 0.25) is 0 Å². The molecule has 0 aliphatic carbocycles. The summed E-state index contributed by atoms with van der Waals surface area (Å²) in [6, 6.07) is 15.9. The maximum Gasteiger partial charge on any atom is 0.341 e. The summed E-state index contributed by atoms with van der Waals surface area (Å²) in [7, 11) is 1.57. The number of benzene rings is 3. The Hall–Kier alpha value is -3.39. The topological polar surface area (TPSA) is 77.0 Å². The first-order valence-electron chi connectivity index (χ1n) is 9.90. The number of carboxylic acid groups (broad SMARTS) is 1. The number of nitrogens with one attached hydrogen (secondary N) is 1. The first-order chi connectivity index (χ1) is 15.4. The van der Waals surface area contributed by atoms with Crippen molar-refractivity contribution in [3.63, 3.8) is 0 Å². The lowest BCUT2D eigenvalue weighted by molar-refractivity contribution is -0.139. The van der Waals surface area contributed by atoms with Crippen LogP contribution in [0.25, 0.3) is 0 Å². The van der Waals surface area contributed by atoms with Gasteiger partial charge in [0.15, 0.2) is 12.8 Å². The van der Waals surface area contributed by atoms with Crippen LogP contribution in [0.15, 0.2) is 59.5 Å². The van der Waals surface area contributed by atoms with Gasteiger partial charge >= 0.3 is 5.97 Å². The van der Waals surface area contributed by atoms with Gasteiger partial charge in [0, 0.05) is 17.4 Å². The first-order valence-corrected chi connectivity index (χ1v) is 10.9. The van der Waals surface area contributed by atoms with Crippen molar-refractivity contribution in [3.8, 4) is 17.2 Å². The Bertz CT molecular complexity index is 1150. The third-order valence-electron chi connectivity index (χ3n) is 4.93. The van der Waals surface area contributed by atoms with Crippen LogP contribution in [-0.2, 0) is 10.5 Å². The van der Waals surface area contributed by atoms with E-state index in [1.165, 1.54) is 12.1 Å². The van der Waals surface area contributed by atoms with Gasteiger partial charge in [0.1, 0.15) is 23.1 Å². The van der Waals surface area contributed by atoms with E-state index in [1.807, 2.05) is 37.3 Å². The van der Waals surface area contributed by atoms with Crippen molar-refractivity contribution in [3.05, 3.63) is 77.1 Å². The normalized spacial score (nSPS) is 14.3. The minimum absolute atomic E-state index is 0.301. The van der Waals surface area contributed by atoms with Crippen molar-refractivity contribution in [2.24, 2.45) is 0 Å². The molecule has 0 bridgehead atoms. The van der Waals surface area contributed by atoms with E-state index < -0.39 is 18.8 Å². The molecule has 0 fully saturated rings. The van der Waals surface area contributed by atoms with Crippen molar-refractivity contribution in [1.29, 1.82) is 0 Å². The Balaban J connectivity index is 1.45. The van der Waals surface area contributed by atoms with E-state index in [-0.39, 0.29) is 5.82 Å². The number of aryl methyl sites for hydroxylation is 1. The van der Waals surface area contributed by atoms with Crippen LogP contribution in [0.5, 0.6) is 17.2 Å². The predicted molar refractivity (Wildman–Crippen MR) is 120 cm³/mol. The lowest BCUT2D eigenvalue weighted by Crippen LogP contribution is -2.10. The van der Waals surface area contributed by atoms with E-state index in [9.17, 15) is 9.18 Å². The number of carboxylic acids is 1. The van der Waals surface area contributed by atoms with Crippen LogP contribution >= 0.6 is 11.8 Å². The molecular formula is C24H22FNO5S. The van der Waals surface area contributed by atoms with Crippen molar-refractivity contribution in [2.45, 2.75) is 23.8 Å². The summed E-state index contributed by atoms with van der Waals surface area (Å²) >= 11 is 1.60. The van der Waals surface area contributed by atoms with E-state index in [0.29, 0.717) is 17.3 Å². The first kappa shape index (κ1) is 21.8. The van der Waals surface area contributed by atoms with Crippen LogP contribution in [0.1, 0.15) is 22.9 Å². The molecule has 0 amide bonds. The smallest absolute Gasteiger partial charge is 0.341 e. The zero-order chi connectivity index (χ0) is 22.7. The summed E-state index contributed by atoms with van der Waals surface area (Å²) in [5.41, 5.74) is 3.49. The molecule has 1 atom stereocenters. The number of aliphatic carboxylic acids is 1. The molecule has 4 rings (SSSR count). The molecule has 1 aliphatic rings. The number of fused-ring (bicyclic) bond motifs is 1. The number of ether oxygens (including phenoxy) is 3. The van der Waals surface area contributed by atoms with Gasteiger partial charge in [0.05, 0.1) is 17.7 Å². The molecule has 1 aliphatic heterocycles. The molecule has 166 valence electrons. The number of carbonyl (C=O) groups is 1. The van der Waals surface area contributed by atoms with Gasteiger partial charge in [-0.05, 0) is 48.4 Å². The van der Waals surface area contributed by atoms with Crippen LogP contribution in [0, 0.1) is 12.7 Å². The molecule has 3 aromatic carbocycles. The lowest BCUT2D eigenvalue weighted by Gasteiger charge is -2.14. The minimum atomic E-state index is -1.03. The zero-order valence-electron chi connectivity index (χ0n) is 17.6. The van der Waals surface area contributed by atoms with Gasteiger partial charge in [0.2, 0.25) is 0 Å². The summed E-state index contributed by atoms with van der Waals surface area (Å²) in [6.45, 7) is 1.46. The van der Waals surface area contributed by atoms with Crippen LogP contribution in [-0.4, -0.2) is 24.8 Å². The average molecular weight is 456 g/mol. The van der Waals surface area contributed by atoms with Gasteiger partial charge in [0.25, 0.3) is 0 Å². The van der Waals surface area contributed by atoms with E-state index in [1.54, 1.807) is 31.0 Å². The van der Waals surface area contributed by atoms with Crippen molar-refractivity contribution >= 4 is 23.4 Å². The minimum Gasteiger partial charge on any atom is -0.495 e. The van der Waals surface area contributed by atoms with E-state index in [4.69, 9.17) is 19.3 Å². The standard InChI is InChI=1S/C24H22FNO5S/c1-14-8-22(21(29-2)11-20(14)30-12-23(27)28)32-13-15-6-7-19-18(9-15)26-24(31-19)16-4-3-5-17(25)10-16/h3-11,24,26H,12-13H2,1-2H3,(H,27,28). The Kier molecular flexibility index (Phi) is 6.41. The monoisotopic (exact) mass is 455 g/mol. The Morgan fingerprint density at radius 3 is 2.78 bits per heavy atom. The summed E-state index contributed by atoms with van der Waals surface area (Å²) in [5, 5.41) is 12.1. The quantitative estimate of drug-likeness (QED) is 0.440. The number of anilines is 1. The highest BCUT2D eigenvalue weighted by atomic mass is 32.2. The number of methoxy groups -OCH3 is 1. The molecular weight excluding hydrogens is 433 g/mol. The molecule has 3 aromatic rings. The van der Waals surface area contributed by atoms with Gasteiger partial charge in [-0.15, -0.1) is 11.8 Å². The summed E-state index contributed by atoms with van der Waals surface area (Å²) in [4.78, 5) is 11.7. The summed E-state index contributed by atoms with van der Waals surface area (Å²) in [5.74, 6) is 1.18. The fourth-order valence-corrected chi connectivity index (χ4v) is 4.42. The summed E-state index contributed by atoms with van der Waals surface area (Å²) in [6.07, 6.45) is -0.426. The fraction of sp³-hybridized carbons (Fsp3) is 0.208. The highest BCUT2D eigenvalue weighted by Crippen LogP contribution is 2.41. The molecule has 1 unspecified atom stereocenters. The maximum atomic E-state index is 13.5. The highest BCUT2D eigenvalue weighted by Gasteiger charge is 2.24. The number of thioether (sulfide) groups is 1. The van der Waals surface area contributed by atoms with Crippen molar-refractivity contribution < 1.29 is 28.5 Å². The zero-order valence-corrected chi connectivity index (χ0v) is 18.4. The number of rotatable bonds is 8. The molecule has 0 saturated carbocycles. The highest BCUT2D eigenvalue weighted by molar-refractivity contribution is 7.98. The largest absolute Gasteiger partial charge is 0.495 e. The fourth-order valence-electron chi connectivity index (χ4n) is 3.37. The number of hydrogen-bond donors (Lipinski definition) is 2. The molecule has 32 heavy (non-hydrogen) atoms. The molecule has 1 heterocycles. The van der Waals surface area contributed by atoms with E-state index >= 15 is 0 Å².